The summed E-state index contributed by atoms with van der Waals surface area (Å²) in [5.74, 6) is 2.89. The number of piperidine rings is 2. The van der Waals surface area contributed by atoms with E-state index in [-0.39, 0.29) is 24.0 Å². The van der Waals surface area contributed by atoms with Gasteiger partial charge in [-0.25, -0.2) is 0 Å². The molecule has 2 fully saturated rings. The molecule has 0 radical (unpaired) electrons. The van der Waals surface area contributed by atoms with E-state index in [4.69, 9.17) is 0 Å². The van der Waals surface area contributed by atoms with Crippen LogP contribution in [0, 0.1) is 11.8 Å². The van der Waals surface area contributed by atoms with Gasteiger partial charge in [-0.3, -0.25) is 4.99 Å². The fraction of sp³-hybridized carbons (Fsp3) is 0.938. The van der Waals surface area contributed by atoms with Gasteiger partial charge in [-0.1, -0.05) is 6.92 Å². The van der Waals surface area contributed by atoms with Crippen LogP contribution in [0.1, 0.15) is 39.0 Å². The lowest BCUT2D eigenvalue weighted by Crippen LogP contribution is -2.46. The largest absolute Gasteiger partial charge is 0.356 e. The Morgan fingerprint density at radius 3 is 2.29 bits per heavy atom. The monoisotopic (exact) mass is 408 g/mol. The Hall–Kier alpha value is -0.0400. The molecule has 2 aliphatic rings. The Kier molecular flexibility index (Phi) is 8.94. The molecule has 0 spiro atoms. The van der Waals surface area contributed by atoms with Crippen LogP contribution in [0.4, 0.5) is 0 Å². The molecule has 0 amide bonds. The lowest BCUT2D eigenvalue weighted by atomic mass is 9.94. The fourth-order valence-corrected chi connectivity index (χ4v) is 3.29. The molecular formula is C16H33IN4. The van der Waals surface area contributed by atoms with Crippen LogP contribution in [0.15, 0.2) is 4.99 Å². The SMILES string of the molecule is CN=C(NCCC1CCN(C)CC1)N1CCC(C)CC1.I. The number of nitrogens with zero attached hydrogens (tertiary/aromatic N) is 3. The zero-order valence-electron chi connectivity index (χ0n) is 14.0. The zero-order chi connectivity index (χ0) is 14.4. The Balaban J connectivity index is 0.00000220. The molecule has 1 N–H and O–H groups in total. The van der Waals surface area contributed by atoms with E-state index < -0.39 is 0 Å². The third-order valence-corrected chi connectivity index (χ3v) is 4.97. The number of hydrogen-bond acceptors (Lipinski definition) is 2. The van der Waals surface area contributed by atoms with Crippen LogP contribution < -0.4 is 5.32 Å². The number of likely N-dealkylation sites (tertiary alicyclic amines) is 2. The van der Waals surface area contributed by atoms with Crippen molar-refractivity contribution < 1.29 is 0 Å². The van der Waals surface area contributed by atoms with E-state index in [1.54, 1.807) is 0 Å². The highest BCUT2D eigenvalue weighted by atomic mass is 127. The molecule has 0 unspecified atom stereocenters. The minimum Gasteiger partial charge on any atom is -0.356 e. The number of guanidine groups is 1. The van der Waals surface area contributed by atoms with Gasteiger partial charge in [0, 0.05) is 26.7 Å². The second-order valence-electron chi connectivity index (χ2n) is 6.68. The lowest BCUT2D eigenvalue weighted by Gasteiger charge is -2.33. The predicted octanol–water partition coefficient (Wildman–Crippen LogP) is 2.64. The van der Waals surface area contributed by atoms with E-state index in [1.807, 2.05) is 7.05 Å². The molecule has 21 heavy (non-hydrogen) atoms. The van der Waals surface area contributed by atoms with Gasteiger partial charge in [0.05, 0.1) is 0 Å². The maximum Gasteiger partial charge on any atom is 0.193 e. The summed E-state index contributed by atoms with van der Waals surface area (Å²) in [6, 6.07) is 0. The molecule has 0 aromatic heterocycles. The maximum atomic E-state index is 4.45. The molecule has 0 saturated carbocycles. The van der Waals surface area contributed by atoms with Crippen LogP contribution in [0.2, 0.25) is 0 Å². The molecule has 0 aliphatic carbocycles. The van der Waals surface area contributed by atoms with E-state index >= 15 is 0 Å². The third-order valence-electron chi connectivity index (χ3n) is 4.97. The predicted molar refractivity (Wildman–Crippen MR) is 102 cm³/mol. The normalized spacial score (nSPS) is 23.0. The van der Waals surface area contributed by atoms with Crippen molar-refractivity contribution in [3.63, 3.8) is 0 Å². The van der Waals surface area contributed by atoms with Gasteiger partial charge >= 0.3 is 0 Å². The van der Waals surface area contributed by atoms with E-state index in [2.05, 4.69) is 34.1 Å². The standard InChI is InChI=1S/C16H32N4.HI/c1-14-5-12-20(13-6-14)16(17-2)18-9-4-15-7-10-19(3)11-8-15;/h14-15H,4-13H2,1-3H3,(H,17,18);1H. The van der Waals surface area contributed by atoms with Crippen molar-refractivity contribution in [3.8, 4) is 0 Å². The number of hydrogen-bond donors (Lipinski definition) is 1. The third kappa shape index (κ3) is 6.30. The highest BCUT2D eigenvalue weighted by Gasteiger charge is 2.19. The van der Waals surface area contributed by atoms with Crippen molar-refractivity contribution in [2.45, 2.75) is 39.0 Å². The van der Waals surface area contributed by atoms with Gasteiger partial charge in [-0.15, -0.1) is 24.0 Å². The summed E-state index contributed by atoms with van der Waals surface area (Å²) in [6.45, 7) is 8.29. The minimum absolute atomic E-state index is 0. The summed E-state index contributed by atoms with van der Waals surface area (Å²) in [4.78, 5) is 9.32. The molecule has 2 heterocycles. The lowest BCUT2D eigenvalue weighted by molar-refractivity contribution is 0.212. The topological polar surface area (TPSA) is 30.9 Å². The molecule has 4 nitrogen and oxygen atoms in total. The smallest absolute Gasteiger partial charge is 0.193 e. The van der Waals surface area contributed by atoms with Gasteiger partial charge in [0.25, 0.3) is 0 Å². The Labute approximate surface area is 147 Å². The Bertz CT molecular complexity index is 305. The molecule has 0 aromatic carbocycles. The molecule has 2 saturated heterocycles. The summed E-state index contributed by atoms with van der Waals surface area (Å²) in [5.41, 5.74) is 0. The van der Waals surface area contributed by atoms with Gasteiger partial charge < -0.3 is 15.1 Å². The summed E-state index contributed by atoms with van der Waals surface area (Å²) in [6.07, 6.45) is 6.61. The molecule has 5 heteroatoms. The van der Waals surface area contributed by atoms with Gasteiger partial charge in [0.2, 0.25) is 0 Å². The van der Waals surface area contributed by atoms with Crippen LogP contribution in [0.25, 0.3) is 0 Å². The van der Waals surface area contributed by atoms with E-state index in [0.29, 0.717) is 0 Å². The minimum atomic E-state index is 0. The summed E-state index contributed by atoms with van der Waals surface area (Å²) >= 11 is 0. The average molecular weight is 408 g/mol. The van der Waals surface area contributed by atoms with Gasteiger partial charge in [-0.05, 0) is 64.1 Å². The second kappa shape index (κ2) is 9.87. The van der Waals surface area contributed by atoms with Crippen molar-refractivity contribution in [2.24, 2.45) is 16.8 Å². The van der Waals surface area contributed by atoms with E-state index in [0.717, 1.165) is 37.4 Å². The molecule has 2 aliphatic heterocycles. The van der Waals surface area contributed by atoms with Crippen molar-refractivity contribution in [1.82, 2.24) is 15.1 Å². The number of nitrogens with one attached hydrogen (secondary N) is 1. The number of aliphatic imine (C=N–C) groups is 1. The molecule has 0 aromatic rings. The second-order valence-corrected chi connectivity index (χ2v) is 6.68. The first-order valence-corrected chi connectivity index (χ1v) is 8.33. The molecule has 0 bridgehead atoms. The molecule has 0 atom stereocenters. The first-order valence-electron chi connectivity index (χ1n) is 8.33. The van der Waals surface area contributed by atoms with Crippen LogP contribution in [0.5, 0.6) is 0 Å². The quantitative estimate of drug-likeness (QED) is 0.443. The first kappa shape index (κ1) is 19.0. The molecule has 2 rings (SSSR count). The fourth-order valence-electron chi connectivity index (χ4n) is 3.29. The zero-order valence-corrected chi connectivity index (χ0v) is 16.3. The highest BCUT2D eigenvalue weighted by Crippen LogP contribution is 2.19. The van der Waals surface area contributed by atoms with Gasteiger partial charge in [0.1, 0.15) is 0 Å². The van der Waals surface area contributed by atoms with Crippen LogP contribution in [-0.4, -0.2) is 62.6 Å². The Morgan fingerprint density at radius 1 is 1.10 bits per heavy atom. The van der Waals surface area contributed by atoms with Crippen molar-refractivity contribution in [1.29, 1.82) is 0 Å². The highest BCUT2D eigenvalue weighted by molar-refractivity contribution is 14.0. The van der Waals surface area contributed by atoms with E-state index in [1.165, 1.54) is 45.2 Å². The molecular weight excluding hydrogens is 375 g/mol. The maximum absolute atomic E-state index is 4.45. The van der Waals surface area contributed by atoms with Gasteiger partial charge in [-0.2, -0.15) is 0 Å². The van der Waals surface area contributed by atoms with Crippen LogP contribution >= 0.6 is 24.0 Å². The van der Waals surface area contributed by atoms with Crippen molar-refractivity contribution >= 4 is 29.9 Å². The Morgan fingerprint density at radius 2 is 1.71 bits per heavy atom. The van der Waals surface area contributed by atoms with E-state index in [9.17, 15) is 0 Å². The van der Waals surface area contributed by atoms with Crippen molar-refractivity contribution in [3.05, 3.63) is 0 Å². The van der Waals surface area contributed by atoms with Crippen molar-refractivity contribution in [2.75, 3.05) is 46.8 Å². The number of rotatable bonds is 3. The summed E-state index contributed by atoms with van der Waals surface area (Å²) in [5, 5.41) is 3.57. The van der Waals surface area contributed by atoms with Crippen LogP contribution in [-0.2, 0) is 0 Å². The first-order chi connectivity index (χ1) is 9.69. The summed E-state index contributed by atoms with van der Waals surface area (Å²) < 4.78 is 0. The molecule has 124 valence electrons. The summed E-state index contributed by atoms with van der Waals surface area (Å²) in [7, 11) is 4.14. The van der Waals surface area contributed by atoms with Gasteiger partial charge in [0.15, 0.2) is 5.96 Å². The van der Waals surface area contributed by atoms with Crippen LogP contribution in [0.3, 0.4) is 0 Å². The average Bonchev–Trinajstić information content (AvgIpc) is 2.47. The number of halogens is 1.